The Kier molecular flexibility index (Phi) is 1.42. The molecule has 1 aliphatic rings. The molecule has 0 spiro atoms. The minimum absolute atomic E-state index is 0.556. The zero-order chi connectivity index (χ0) is 7.07. The molecule has 1 saturated carbocycles. The summed E-state index contributed by atoms with van der Waals surface area (Å²) in [5.74, 6) is 0.801. The van der Waals surface area contributed by atoms with Crippen LogP contribution in [0.15, 0.2) is 12.2 Å². The van der Waals surface area contributed by atoms with Crippen molar-refractivity contribution in [1.29, 1.82) is 0 Å². The van der Waals surface area contributed by atoms with Crippen molar-refractivity contribution in [2.75, 3.05) is 0 Å². The zero-order valence-electron chi connectivity index (χ0n) is 6.70. The van der Waals surface area contributed by atoms with Crippen LogP contribution in [0.4, 0.5) is 0 Å². The van der Waals surface area contributed by atoms with Crippen LogP contribution in [-0.2, 0) is 0 Å². The molecule has 0 radical (unpaired) electrons. The SMILES string of the molecule is C=C(C)C1(C(C)C)CC1. The number of hydrogen-bond acceptors (Lipinski definition) is 0. The molecule has 0 heteroatoms. The Morgan fingerprint density at radius 3 is 1.89 bits per heavy atom. The van der Waals surface area contributed by atoms with Crippen LogP contribution in [0.1, 0.15) is 33.6 Å². The number of rotatable bonds is 2. The van der Waals surface area contributed by atoms with Crippen LogP contribution in [-0.4, -0.2) is 0 Å². The summed E-state index contributed by atoms with van der Waals surface area (Å²) < 4.78 is 0. The van der Waals surface area contributed by atoms with Crippen LogP contribution in [0.5, 0.6) is 0 Å². The van der Waals surface area contributed by atoms with Gasteiger partial charge in [0.15, 0.2) is 0 Å². The first-order valence-electron chi connectivity index (χ1n) is 3.75. The second-order valence-electron chi connectivity index (χ2n) is 3.59. The molecule has 0 heterocycles. The molecule has 0 nitrogen and oxygen atoms in total. The lowest BCUT2D eigenvalue weighted by atomic mass is 9.86. The summed E-state index contributed by atoms with van der Waals surface area (Å²) in [6.07, 6.45) is 2.75. The molecular weight excluding hydrogens is 108 g/mol. The van der Waals surface area contributed by atoms with E-state index in [1.165, 1.54) is 18.4 Å². The normalized spacial score (nSPS) is 22.2. The van der Waals surface area contributed by atoms with Crippen molar-refractivity contribution < 1.29 is 0 Å². The minimum atomic E-state index is 0.556. The molecule has 0 aromatic heterocycles. The highest BCUT2D eigenvalue weighted by molar-refractivity contribution is 5.17. The largest absolute Gasteiger partial charge is 0.0996 e. The molecule has 9 heavy (non-hydrogen) atoms. The Bertz CT molecular complexity index is 127. The van der Waals surface area contributed by atoms with Crippen molar-refractivity contribution in [2.45, 2.75) is 33.6 Å². The maximum atomic E-state index is 4.01. The van der Waals surface area contributed by atoms with Crippen molar-refractivity contribution in [2.24, 2.45) is 11.3 Å². The summed E-state index contributed by atoms with van der Waals surface area (Å²) in [6.45, 7) is 10.8. The quantitative estimate of drug-likeness (QED) is 0.496. The van der Waals surface area contributed by atoms with E-state index in [1.807, 2.05) is 0 Å². The van der Waals surface area contributed by atoms with E-state index in [-0.39, 0.29) is 0 Å². The maximum Gasteiger partial charge on any atom is -0.00699 e. The Hall–Kier alpha value is -0.260. The fourth-order valence-corrected chi connectivity index (χ4v) is 1.63. The third-order valence-corrected chi connectivity index (χ3v) is 2.74. The lowest BCUT2D eigenvalue weighted by Gasteiger charge is -2.18. The lowest BCUT2D eigenvalue weighted by molar-refractivity contribution is 0.423. The summed E-state index contributed by atoms with van der Waals surface area (Å²) in [5.41, 5.74) is 1.94. The van der Waals surface area contributed by atoms with E-state index in [9.17, 15) is 0 Å². The Balaban J connectivity index is 2.63. The monoisotopic (exact) mass is 124 g/mol. The van der Waals surface area contributed by atoms with E-state index in [2.05, 4.69) is 27.4 Å². The summed E-state index contributed by atoms with van der Waals surface area (Å²) in [7, 11) is 0. The van der Waals surface area contributed by atoms with Gasteiger partial charge in [0.25, 0.3) is 0 Å². The van der Waals surface area contributed by atoms with Crippen molar-refractivity contribution >= 4 is 0 Å². The smallest absolute Gasteiger partial charge is 0.00699 e. The number of hydrogen-bond donors (Lipinski definition) is 0. The highest BCUT2D eigenvalue weighted by atomic mass is 14.5. The van der Waals surface area contributed by atoms with Crippen molar-refractivity contribution in [3.05, 3.63) is 12.2 Å². The molecule has 1 rings (SSSR count). The minimum Gasteiger partial charge on any atom is -0.0996 e. The number of allylic oxidation sites excluding steroid dienone is 1. The van der Waals surface area contributed by atoms with E-state index in [4.69, 9.17) is 0 Å². The Morgan fingerprint density at radius 2 is 1.89 bits per heavy atom. The van der Waals surface area contributed by atoms with E-state index in [1.54, 1.807) is 0 Å². The van der Waals surface area contributed by atoms with Crippen LogP contribution in [0.3, 0.4) is 0 Å². The highest BCUT2D eigenvalue weighted by Gasteiger charge is 2.45. The van der Waals surface area contributed by atoms with E-state index in [0.717, 1.165) is 5.92 Å². The summed E-state index contributed by atoms with van der Waals surface area (Å²) in [6, 6.07) is 0. The first kappa shape index (κ1) is 6.85. The molecule has 0 N–H and O–H groups in total. The van der Waals surface area contributed by atoms with Crippen LogP contribution >= 0.6 is 0 Å². The highest BCUT2D eigenvalue weighted by Crippen LogP contribution is 2.56. The molecule has 0 bridgehead atoms. The van der Waals surface area contributed by atoms with Gasteiger partial charge in [-0.15, -0.1) is 0 Å². The molecule has 0 aromatic carbocycles. The van der Waals surface area contributed by atoms with Crippen LogP contribution in [0.25, 0.3) is 0 Å². The van der Waals surface area contributed by atoms with E-state index >= 15 is 0 Å². The molecule has 1 aliphatic carbocycles. The molecule has 0 unspecified atom stereocenters. The van der Waals surface area contributed by atoms with Gasteiger partial charge in [-0.1, -0.05) is 26.0 Å². The Labute approximate surface area is 58.0 Å². The van der Waals surface area contributed by atoms with E-state index < -0.39 is 0 Å². The molecule has 0 aliphatic heterocycles. The third-order valence-electron chi connectivity index (χ3n) is 2.74. The van der Waals surface area contributed by atoms with Gasteiger partial charge in [-0.2, -0.15) is 0 Å². The van der Waals surface area contributed by atoms with Gasteiger partial charge in [-0.3, -0.25) is 0 Å². The van der Waals surface area contributed by atoms with Crippen molar-refractivity contribution in [3.63, 3.8) is 0 Å². The van der Waals surface area contributed by atoms with Crippen LogP contribution in [0, 0.1) is 11.3 Å². The summed E-state index contributed by atoms with van der Waals surface area (Å²) in [4.78, 5) is 0. The molecular formula is C9H16. The first-order valence-corrected chi connectivity index (χ1v) is 3.75. The van der Waals surface area contributed by atoms with Gasteiger partial charge in [0.2, 0.25) is 0 Å². The molecule has 52 valence electrons. The van der Waals surface area contributed by atoms with Crippen molar-refractivity contribution in [1.82, 2.24) is 0 Å². The summed E-state index contributed by atoms with van der Waals surface area (Å²) in [5, 5.41) is 0. The van der Waals surface area contributed by atoms with Gasteiger partial charge in [0.1, 0.15) is 0 Å². The fraction of sp³-hybridized carbons (Fsp3) is 0.778. The average molecular weight is 124 g/mol. The average Bonchev–Trinajstić information content (AvgIpc) is 2.40. The van der Waals surface area contributed by atoms with Gasteiger partial charge in [0.05, 0.1) is 0 Å². The van der Waals surface area contributed by atoms with Gasteiger partial charge < -0.3 is 0 Å². The standard InChI is InChI=1S/C9H16/c1-7(2)9(5-6-9)8(3)4/h8H,1,5-6H2,2-4H3. The predicted octanol–water partition coefficient (Wildman–Crippen LogP) is 3.00. The predicted molar refractivity (Wildman–Crippen MR) is 41.3 cm³/mol. The van der Waals surface area contributed by atoms with Gasteiger partial charge in [-0.25, -0.2) is 0 Å². The Morgan fingerprint density at radius 1 is 1.44 bits per heavy atom. The first-order chi connectivity index (χ1) is 4.09. The molecule has 0 saturated heterocycles. The van der Waals surface area contributed by atoms with Gasteiger partial charge in [-0.05, 0) is 31.1 Å². The van der Waals surface area contributed by atoms with Crippen molar-refractivity contribution in [3.8, 4) is 0 Å². The summed E-state index contributed by atoms with van der Waals surface area (Å²) >= 11 is 0. The second-order valence-corrected chi connectivity index (χ2v) is 3.59. The molecule has 0 amide bonds. The fourth-order valence-electron chi connectivity index (χ4n) is 1.63. The topological polar surface area (TPSA) is 0 Å². The van der Waals surface area contributed by atoms with Gasteiger partial charge in [0, 0.05) is 0 Å². The molecule has 0 aromatic rings. The third kappa shape index (κ3) is 0.910. The zero-order valence-corrected chi connectivity index (χ0v) is 6.70. The van der Waals surface area contributed by atoms with Crippen LogP contribution < -0.4 is 0 Å². The second kappa shape index (κ2) is 1.86. The van der Waals surface area contributed by atoms with Crippen LogP contribution in [0.2, 0.25) is 0 Å². The van der Waals surface area contributed by atoms with Gasteiger partial charge >= 0.3 is 0 Å². The lowest BCUT2D eigenvalue weighted by Crippen LogP contribution is -2.09. The molecule has 1 fully saturated rings. The van der Waals surface area contributed by atoms with E-state index in [0.29, 0.717) is 5.41 Å². The molecule has 0 atom stereocenters. The maximum absolute atomic E-state index is 4.01.